The van der Waals surface area contributed by atoms with Gasteiger partial charge in [-0.3, -0.25) is 0 Å². The number of hydrogen-bond donors (Lipinski definition) is 1. The molecule has 0 aliphatic carbocycles. The van der Waals surface area contributed by atoms with Crippen LogP contribution >= 0.6 is 11.3 Å². The molecule has 3 aromatic rings. The maximum absolute atomic E-state index is 8.75. The Labute approximate surface area is 102 Å². The first-order chi connectivity index (χ1) is 8.26. The van der Waals surface area contributed by atoms with E-state index in [-0.39, 0.29) is 0 Å². The van der Waals surface area contributed by atoms with Gasteiger partial charge in [-0.15, -0.1) is 11.3 Å². The molecule has 2 aromatic heterocycles. The Kier molecular flexibility index (Phi) is 2.16. The number of hydrogen-bond acceptors (Lipinski definition) is 4. The molecule has 0 radical (unpaired) electrons. The summed E-state index contributed by atoms with van der Waals surface area (Å²) in [5, 5.41) is 11.1. The lowest BCUT2D eigenvalue weighted by molar-refractivity contribution is 1.17. The smallest absolute Gasteiger partial charge is 0.194 e. The molecule has 0 spiro atoms. The number of aryl methyl sites for hydroxylation is 1. The molecule has 0 aliphatic heterocycles. The fraction of sp³-hybridized carbons (Fsp3) is 0.0833. The number of rotatable bonds is 1. The fourth-order valence-electron chi connectivity index (χ4n) is 1.75. The van der Waals surface area contributed by atoms with Gasteiger partial charge in [-0.25, -0.2) is 9.97 Å². The number of fused-ring (bicyclic) bond motifs is 1. The highest BCUT2D eigenvalue weighted by atomic mass is 32.1. The van der Waals surface area contributed by atoms with Crippen molar-refractivity contribution in [3.8, 4) is 17.3 Å². The van der Waals surface area contributed by atoms with Crippen molar-refractivity contribution in [1.82, 2.24) is 15.0 Å². The first-order valence-electron chi connectivity index (χ1n) is 5.08. The van der Waals surface area contributed by atoms with Crippen LogP contribution in [0.3, 0.4) is 0 Å². The summed E-state index contributed by atoms with van der Waals surface area (Å²) in [7, 11) is 0. The molecule has 0 saturated carbocycles. The number of benzene rings is 1. The zero-order chi connectivity index (χ0) is 11.8. The molecule has 82 valence electrons. The number of nitrogens with one attached hydrogen (secondary N) is 1. The zero-order valence-corrected chi connectivity index (χ0v) is 9.88. The van der Waals surface area contributed by atoms with E-state index in [1.807, 2.05) is 36.6 Å². The zero-order valence-electron chi connectivity index (χ0n) is 9.06. The van der Waals surface area contributed by atoms with Crippen LogP contribution in [0, 0.1) is 18.3 Å². The molecule has 1 aromatic carbocycles. The highest BCUT2D eigenvalue weighted by Crippen LogP contribution is 2.24. The van der Waals surface area contributed by atoms with Gasteiger partial charge in [0.2, 0.25) is 0 Å². The van der Waals surface area contributed by atoms with Crippen LogP contribution in [0.15, 0.2) is 23.6 Å². The Morgan fingerprint density at radius 2 is 2.24 bits per heavy atom. The van der Waals surface area contributed by atoms with Crippen molar-refractivity contribution in [2.45, 2.75) is 6.92 Å². The Bertz CT molecular complexity index is 732. The van der Waals surface area contributed by atoms with Crippen molar-refractivity contribution in [2.24, 2.45) is 0 Å². The lowest BCUT2D eigenvalue weighted by Gasteiger charge is -1.95. The largest absolute Gasteiger partial charge is 0.342 e. The van der Waals surface area contributed by atoms with Crippen LogP contribution in [0.4, 0.5) is 0 Å². The third kappa shape index (κ3) is 1.69. The first-order valence-corrected chi connectivity index (χ1v) is 5.96. The number of aromatic amines is 1. The summed E-state index contributed by atoms with van der Waals surface area (Å²) in [4.78, 5) is 11.8. The van der Waals surface area contributed by atoms with Crippen LogP contribution in [-0.2, 0) is 0 Å². The molecule has 1 N–H and O–H groups in total. The second kappa shape index (κ2) is 3.68. The summed E-state index contributed by atoms with van der Waals surface area (Å²) >= 11 is 1.36. The van der Waals surface area contributed by atoms with Crippen molar-refractivity contribution < 1.29 is 0 Å². The molecule has 5 heteroatoms. The molecule has 4 nitrogen and oxygen atoms in total. The Morgan fingerprint density at radius 3 is 3.00 bits per heavy atom. The number of thiazole rings is 1. The van der Waals surface area contributed by atoms with Gasteiger partial charge in [0.25, 0.3) is 0 Å². The molecule has 2 heterocycles. The van der Waals surface area contributed by atoms with Crippen LogP contribution in [0.1, 0.15) is 10.8 Å². The van der Waals surface area contributed by atoms with Crippen LogP contribution in [0.25, 0.3) is 22.3 Å². The van der Waals surface area contributed by atoms with Gasteiger partial charge in [-0.05, 0) is 19.1 Å². The number of nitriles is 1. The molecule has 0 bridgehead atoms. The molecular formula is C12H8N4S. The van der Waals surface area contributed by atoms with Gasteiger partial charge in [0.05, 0.1) is 16.7 Å². The van der Waals surface area contributed by atoms with E-state index in [1.54, 1.807) is 0 Å². The predicted octanol–water partition coefficient (Wildman–Crippen LogP) is 2.87. The van der Waals surface area contributed by atoms with Gasteiger partial charge in [0.15, 0.2) is 5.01 Å². The van der Waals surface area contributed by atoms with Crippen LogP contribution in [0.2, 0.25) is 0 Å². The van der Waals surface area contributed by atoms with Crippen LogP contribution in [-0.4, -0.2) is 15.0 Å². The summed E-state index contributed by atoms with van der Waals surface area (Å²) in [6.07, 6.45) is 0. The average molecular weight is 240 g/mol. The summed E-state index contributed by atoms with van der Waals surface area (Å²) in [5.41, 5.74) is 3.77. The van der Waals surface area contributed by atoms with Crippen molar-refractivity contribution in [3.05, 3.63) is 34.4 Å². The summed E-state index contributed by atoms with van der Waals surface area (Å²) in [5.74, 6) is 0.896. The van der Waals surface area contributed by atoms with Gasteiger partial charge in [0, 0.05) is 10.9 Å². The third-order valence-electron chi connectivity index (χ3n) is 2.50. The lowest BCUT2D eigenvalue weighted by Crippen LogP contribution is -1.79. The summed E-state index contributed by atoms with van der Waals surface area (Å²) < 4.78 is 0. The molecule has 0 saturated heterocycles. The Morgan fingerprint density at radius 1 is 1.35 bits per heavy atom. The minimum absolute atomic E-state index is 0.487. The second-order valence-electron chi connectivity index (χ2n) is 3.70. The van der Waals surface area contributed by atoms with Gasteiger partial charge in [0.1, 0.15) is 11.9 Å². The van der Waals surface area contributed by atoms with E-state index >= 15 is 0 Å². The Hall–Kier alpha value is -2.19. The van der Waals surface area contributed by atoms with Crippen LogP contribution in [0.5, 0.6) is 0 Å². The second-order valence-corrected chi connectivity index (χ2v) is 4.56. The average Bonchev–Trinajstić information content (AvgIpc) is 2.92. The third-order valence-corrected chi connectivity index (χ3v) is 3.24. The van der Waals surface area contributed by atoms with Crippen molar-refractivity contribution in [1.29, 1.82) is 5.26 Å². The summed E-state index contributed by atoms with van der Waals surface area (Å²) in [6, 6.07) is 7.98. The number of aromatic nitrogens is 3. The molecular weight excluding hydrogens is 232 g/mol. The predicted molar refractivity (Wildman–Crippen MR) is 66.7 cm³/mol. The maximum atomic E-state index is 8.75. The number of imidazole rings is 1. The number of nitrogens with zero attached hydrogens (tertiary/aromatic N) is 3. The van der Waals surface area contributed by atoms with Gasteiger partial charge >= 0.3 is 0 Å². The van der Waals surface area contributed by atoms with E-state index in [2.05, 4.69) is 15.0 Å². The highest BCUT2D eigenvalue weighted by molar-refractivity contribution is 7.10. The molecule has 0 aliphatic rings. The van der Waals surface area contributed by atoms with Crippen molar-refractivity contribution >= 4 is 22.4 Å². The standard InChI is InChI=1S/C12H8N4S/c1-7-14-9-3-2-8(4-10(9)15-7)11-6-17-12(5-13)16-11/h2-4,6H,1H3,(H,14,15). The van der Waals surface area contributed by atoms with Crippen molar-refractivity contribution in [3.63, 3.8) is 0 Å². The molecule has 0 atom stereocenters. The Balaban J connectivity index is 2.14. The van der Waals surface area contributed by atoms with E-state index in [0.29, 0.717) is 5.01 Å². The highest BCUT2D eigenvalue weighted by Gasteiger charge is 2.06. The lowest BCUT2D eigenvalue weighted by atomic mass is 10.1. The number of H-pyrrole nitrogens is 1. The maximum Gasteiger partial charge on any atom is 0.194 e. The first kappa shape index (κ1) is 10.00. The van der Waals surface area contributed by atoms with E-state index in [0.717, 1.165) is 28.1 Å². The quantitative estimate of drug-likeness (QED) is 0.711. The SMILES string of the molecule is Cc1nc2ccc(-c3csc(C#N)n3)cc2[nH]1. The van der Waals surface area contributed by atoms with E-state index < -0.39 is 0 Å². The van der Waals surface area contributed by atoms with E-state index in [4.69, 9.17) is 5.26 Å². The molecule has 3 rings (SSSR count). The summed E-state index contributed by atoms with van der Waals surface area (Å²) in [6.45, 7) is 1.93. The molecule has 0 amide bonds. The van der Waals surface area contributed by atoms with Gasteiger partial charge in [-0.2, -0.15) is 5.26 Å². The topological polar surface area (TPSA) is 65.4 Å². The van der Waals surface area contributed by atoms with Crippen molar-refractivity contribution in [2.75, 3.05) is 0 Å². The normalized spacial score (nSPS) is 10.6. The molecule has 0 unspecified atom stereocenters. The van der Waals surface area contributed by atoms with Crippen LogP contribution < -0.4 is 0 Å². The minimum atomic E-state index is 0.487. The van der Waals surface area contributed by atoms with Gasteiger partial charge < -0.3 is 4.98 Å². The van der Waals surface area contributed by atoms with E-state index in [1.165, 1.54) is 11.3 Å². The fourth-order valence-corrected chi connectivity index (χ4v) is 2.37. The van der Waals surface area contributed by atoms with E-state index in [9.17, 15) is 0 Å². The molecule has 0 fully saturated rings. The minimum Gasteiger partial charge on any atom is -0.342 e. The molecule has 17 heavy (non-hydrogen) atoms. The monoisotopic (exact) mass is 240 g/mol. The van der Waals surface area contributed by atoms with Gasteiger partial charge in [-0.1, -0.05) is 6.07 Å².